The van der Waals surface area contributed by atoms with E-state index in [0.717, 1.165) is 0 Å². The van der Waals surface area contributed by atoms with E-state index in [1.165, 1.54) is 24.3 Å². The average Bonchev–Trinajstić information content (AvgIpc) is 2.16. The van der Waals surface area contributed by atoms with Crippen LogP contribution >= 0.6 is 0 Å². The van der Waals surface area contributed by atoms with Gasteiger partial charge in [-0.15, -0.1) is 0 Å². The normalized spacial score (nSPS) is 11.7. The van der Waals surface area contributed by atoms with Gasteiger partial charge in [-0.1, -0.05) is 0 Å². The van der Waals surface area contributed by atoms with Crippen molar-refractivity contribution in [2.24, 2.45) is 5.10 Å². The Labute approximate surface area is 88.4 Å². The first-order valence-corrected chi connectivity index (χ1v) is 4.09. The summed E-state index contributed by atoms with van der Waals surface area (Å²) >= 11 is 0. The summed E-state index contributed by atoms with van der Waals surface area (Å²) in [6.07, 6.45) is -4.67. The number of anilines is 1. The van der Waals surface area contributed by atoms with Crippen LogP contribution in [0.4, 0.5) is 18.9 Å². The fourth-order valence-electron chi connectivity index (χ4n) is 0.867. The third-order valence-corrected chi connectivity index (χ3v) is 1.54. The highest BCUT2D eigenvalue weighted by atomic mass is 19.4. The fraction of sp³-hybridized carbons (Fsp3) is 0.111. The minimum Gasteiger partial charge on any atom is -0.478 e. The number of carboxylic acid groups (broad SMARTS) is 1. The van der Waals surface area contributed by atoms with Crippen LogP contribution in [-0.4, -0.2) is 23.5 Å². The maximum Gasteiger partial charge on any atom is 0.428 e. The van der Waals surface area contributed by atoms with Crippen molar-refractivity contribution in [2.75, 3.05) is 5.43 Å². The Morgan fingerprint density at radius 2 is 1.88 bits per heavy atom. The van der Waals surface area contributed by atoms with Crippen molar-refractivity contribution in [3.8, 4) is 0 Å². The molecule has 1 aromatic carbocycles. The molecule has 0 aliphatic carbocycles. The molecule has 0 radical (unpaired) electrons. The molecule has 16 heavy (non-hydrogen) atoms. The second kappa shape index (κ2) is 4.65. The quantitative estimate of drug-likeness (QED) is 0.621. The lowest BCUT2D eigenvalue weighted by molar-refractivity contribution is -0.0536. The summed E-state index contributed by atoms with van der Waals surface area (Å²) in [5.41, 5.74) is 2.44. The maximum atomic E-state index is 11.7. The number of carbonyl (C=O) groups is 1. The lowest BCUT2D eigenvalue weighted by Crippen LogP contribution is -2.09. The number of alkyl halides is 3. The van der Waals surface area contributed by atoms with Gasteiger partial charge in [0, 0.05) is 0 Å². The molecule has 2 N–H and O–H groups in total. The van der Waals surface area contributed by atoms with Crippen molar-refractivity contribution in [1.82, 2.24) is 0 Å². The Bertz CT molecular complexity index is 398. The molecule has 0 fully saturated rings. The van der Waals surface area contributed by atoms with Gasteiger partial charge in [-0.3, -0.25) is 5.43 Å². The van der Waals surface area contributed by atoms with Crippen LogP contribution in [0.25, 0.3) is 0 Å². The number of rotatable bonds is 3. The molecule has 1 aromatic rings. The van der Waals surface area contributed by atoms with Gasteiger partial charge in [-0.2, -0.15) is 18.3 Å². The van der Waals surface area contributed by atoms with Crippen molar-refractivity contribution < 1.29 is 23.1 Å². The van der Waals surface area contributed by atoms with Gasteiger partial charge in [0.2, 0.25) is 0 Å². The molecule has 7 heteroatoms. The first-order chi connectivity index (χ1) is 7.38. The summed E-state index contributed by atoms with van der Waals surface area (Å²) in [4.78, 5) is 10.5. The summed E-state index contributed by atoms with van der Waals surface area (Å²) in [6, 6.07) is 5.15. The van der Waals surface area contributed by atoms with E-state index in [4.69, 9.17) is 5.11 Å². The average molecular weight is 232 g/mol. The number of hydrogen-bond donors (Lipinski definition) is 2. The smallest absolute Gasteiger partial charge is 0.428 e. The Kier molecular flexibility index (Phi) is 3.49. The van der Waals surface area contributed by atoms with Gasteiger partial charge in [-0.05, 0) is 24.3 Å². The molecule has 4 nitrogen and oxygen atoms in total. The number of hydrazone groups is 1. The van der Waals surface area contributed by atoms with Gasteiger partial charge in [-0.25, -0.2) is 4.79 Å². The molecule has 0 heterocycles. The van der Waals surface area contributed by atoms with Crippen LogP contribution in [0.5, 0.6) is 0 Å². The predicted molar refractivity (Wildman–Crippen MR) is 51.6 cm³/mol. The second-order valence-corrected chi connectivity index (χ2v) is 2.79. The van der Waals surface area contributed by atoms with E-state index in [0.29, 0.717) is 0 Å². The van der Waals surface area contributed by atoms with Gasteiger partial charge in [0.25, 0.3) is 0 Å². The van der Waals surface area contributed by atoms with E-state index in [-0.39, 0.29) is 17.5 Å². The largest absolute Gasteiger partial charge is 0.478 e. The number of nitrogens with zero attached hydrogens (tertiary/aromatic N) is 1. The van der Waals surface area contributed by atoms with E-state index >= 15 is 0 Å². The SMILES string of the molecule is O=C(O)c1ccc(N/N=C/C(F)(F)F)cc1. The highest BCUT2D eigenvalue weighted by Gasteiger charge is 2.23. The number of hydrogen-bond acceptors (Lipinski definition) is 3. The summed E-state index contributed by atoms with van der Waals surface area (Å²) in [5.74, 6) is -1.11. The maximum absolute atomic E-state index is 11.7. The van der Waals surface area contributed by atoms with Crippen molar-refractivity contribution in [3.05, 3.63) is 29.8 Å². The van der Waals surface area contributed by atoms with Crippen molar-refractivity contribution in [1.29, 1.82) is 0 Å². The molecule has 0 amide bonds. The monoisotopic (exact) mass is 232 g/mol. The summed E-state index contributed by atoms with van der Waals surface area (Å²) in [6.45, 7) is 0. The molecular weight excluding hydrogens is 225 g/mol. The minimum absolute atomic E-state index is 0.0466. The molecule has 0 saturated heterocycles. The summed E-state index contributed by atoms with van der Waals surface area (Å²) in [7, 11) is 0. The number of aromatic carboxylic acids is 1. The third-order valence-electron chi connectivity index (χ3n) is 1.54. The van der Waals surface area contributed by atoms with E-state index in [1.807, 2.05) is 0 Å². The topological polar surface area (TPSA) is 61.7 Å². The highest BCUT2D eigenvalue weighted by Crippen LogP contribution is 2.12. The molecule has 0 atom stereocenters. The first kappa shape index (κ1) is 12.0. The number of nitrogens with one attached hydrogen (secondary N) is 1. The van der Waals surface area contributed by atoms with Crippen molar-refractivity contribution in [3.63, 3.8) is 0 Å². The van der Waals surface area contributed by atoms with Crippen LogP contribution in [0.2, 0.25) is 0 Å². The van der Waals surface area contributed by atoms with E-state index in [2.05, 4.69) is 10.5 Å². The van der Waals surface area contributed by atoms with Gasteiger partial charge in [0.05, 0.1) is 11.3 Å². The highest BCUT2D eigenvalue weighted by molar-refractivity contribution is 5.88. The molecule has 0 aliphatic rings. The first-order valence-electron chi connectivity index (χ1n) is 4.09. The minimum atomic E-state index is -4.48. The van der Waals surface area contributed by atoms with Crippen LogP contribution < -0.4 is 5.43 Å². The van der Waals surface area contributed by atoms with Crippen LogP contribution in [0, 0.1) is 0 Å². The number of benzene rings is 1. The Hall–Kier alpha value is -2.05. The van der Waals surface area contributed by atoms with Crippen LogP contribution in [0.1, 0.15) is 10.4 Å². The zero-order valence-electron chi connectivity index (χ0n) is 7.82. The van der Waals surface area contributed by atoms with Gasteiger partial charge < -0.3 is 5.11 Å². The molecule has 0 spiro atoms. The fourth-order valence-corrected chi connectivity index (χ4v) is 0.867. The van der Waals surface area contributed by atoms with Crippen LogP contribution in [-0.2, 0) is 0 Å². The van der Waals surface area contributed by atoms with Crippen LogP contribution in [0.15, 0.2) is 29.4 Å². The third kappa shape index (κ3) is 3.99. The number of halogens is 3. The van der Waals surface area contributed by atoms with Crippen molar-refractivity contribution in [2.45, 2.75) is 6.18 Å². The molecule has 0 aliphatic heterocycles. The zero-order chi connectivity index (χ0) is 12.2. The Balaban J connectivity index is 2.63. The molecular formula is C9H7F3N2O2. The van der Waals surface area contributed by atoms with E-state index in [1.54, 1.807) is 0 Å². The molecule has 0 unspecified atom stereocenters. The zero-order valence-corrected chi connectivity index (χ0v) is 7.82. The number of carboxylic acids is 1. The Morgan fingerprint density at radius 3 is 2.31 bits per heavy atom. The van der Waals surface area contributed by atoms with E-state index < -0.39 is 12.1 Å². The second-order valence-electron chi connectivity index (χ2n) is 2.79. The lowest BCUT2D eigenvalue weighted by atomic mass is 10.2. The summed E-state index contributed by atoms with van der Waals surface area (Å²) < 4.78 is 35.0. The van der Waals surface area contributed by atoms with Crippen LogP contribution in [0.3, 0.4) is 0 Å². The predicted octanol–water partition coefficient (Wildman–Crippen LogP) is 2.34. The van der Waals surface area contributed by atoms with Gasteiger partial charge >= 0.3 is 12.1 Å². The van der Waals surface area contributed by atoms with Gasteiger partial charge in [0.15, 0.2) is 0 Å². The van der Waals surface area contributed by atoms with E-state index in [9.17, 15) is 18.0 Å². The lowest BCUT2D eigenvalue weighted by Gasteiger charge is -2.01. The summed E-state index contributed by atoms with van der Waals surface area (Å²) in [5, 5.41) is 11.5. The van der Waals surface area contributed by atoms with Gasteiger partial charge in [0.1, 0.15) is 6.21 Å². The Morgan fingerprint density at radius 1 is 1.31 bits per heavy atom. The molecule has 86 valence electrons. The molecule has 0 bridgehead atoms. The standard InChI is InChI=1S/C9H7F3N2O2/c10-9(11,12)5-13-14-7-3-1-6(2-4-7)8(15)16/h1-5,14H,(H,15,16)/b13-5+. The molecule has 0 aromatic heterocycles. The van der Waals surface area contributed by atoms with Crippen molar-refractivity contribution >= 4 is 17.9 Å². The molecule has 0 saturated carbocycles. The molecule has 1 rings (SSSR count).